The van der Waals surface area contributed by atoms with Gasteiger partial charge in [0.2, 0.25) is 5.91 Å². The van der Waals surface area contributed by atoms with Crippen LogP contribution >= 0.6 is 0 Å². The van der Waals surface area contributed by atoms with E-state index in [1.165, 1.54) is 18.2 Å². The van der Waals surface area contributed by atoms with Crippen molar-refractivity contribution in [3.63, 3.8) is 0 Å². The Hall–Kier alpha value is -4.79. The molecule has 4 aromatic rings. The predicted octanol–water partition coefficient (Wildman–Crippen LogP) is 4.74. The Balaban J connectivity index is 1.55. The Morgan fingerprint density at radius 3 is 2.39 bits per heavy atom. The van der Waals surface area contributed by atoms with Crippen LogP contribution in [-0.2, 0) is 4.79 Å². The number of carbonyl (C=O) groups is 2. The van der Waals surface area contributed by atoms with E-state index < -0.39 is 16.7 Å². The van der Waals surface area contributed by atoms with Gasteiger partial charge in [0.25, 0.3) is 11.6 Å². The summed E-state index contributed by atoms with van der Waals surface area (Å²) in [4.78, 5) is 35.9. The molecule has 1 heterocycles. The standard InChI is InChI=1S/C27H25N5O4/c1-17-9-12-23(19(3)13-17)31-25(15-22(30-31)20-7-5-4-6-8-20)29-26(33)16-28-27(34)21-11-10-18(2)24(14-21)32(35)36/h4-15H,16H2,1-3H3,(H,28,34)(H,29,33). The molecule has 0 aliphatic rings. The molecule has 0 unspecified atom stereocenters. The van der Waals surface area contributed by atoms with Gasteiger partial charge in [-0.3, -0.25) is 19.7 Å². The lowest BCUT2D eigenvalue weighted by molar-refractivity contribution is -0.385. The van der Waals surface area contributed by atoms with Gasteiger partial charge in [0.05, 0.1) is 22.8 Å². The van der Waals surface area contributed by atoms with Gasteiger partial charge < -0.3 is 10.6 Å². The highest BCUT2D eigenvalue weighted by atomic mass is 16.6. The maximum atomic E-state index is 12.8. The van der Waals surface area contributed by atoms with E-state index in [0.29, 0.717) is 17.1 Å². The third-order valence-electron chi connectivity index (χ3n) is 5.70. The molecule has 4 rings (SSSR count). The normalized spacial score (nSPS) is 10.6. The molecular weight excluding hydrogens is 458 g/mol. The number of rotatable bonds is 7. The number of hydrogen-bond donors (Lipinski definition) is 2. The Morgan fingerprint density at radius 2 is 1.69 bits per heavy atom. The van der Waals surface area contributed by atoms with E-state index in [1.54, 1.807) is 17.7 Å². The molecular formula is C27H25N5O4. The van der Waals surface area contributed by atoms with E-state index in [-0.39, 0.29) is 17.8 Å². The Kier molecular flexibility index (Phi) is 6.91. The van der Waals surface area contributed by atoms with Crippen molar-refractivity contribution in [3.8, 4) is 16.9 Å². The van der Waals surface area contributed by atoms with Crippen molar-refractivity contribution in [1.29, 1.82) is 0 Å². The molecule has 9 heteroatoms. The van der Waals surface area contributed by atoms with E-state index in [1.807, 2.05) is 62.4 Å². The zero-order valence-corrected chi connectivity index (χ0v) is 20.1. The third kappa shape index (κ3) is 5.30. The molecule has 1 aromatic heterocycles. The summed E-state index contributed by atoms with van der Waals surface area (Å²) in [5, 5.41) is 21.2. The van der Waals surface area contributed by atoms with Crippen molar-refractivity contribution in [1.82, 2.24) is 15.1 Å². The number of benzene rings is 3. The molecule has 2 N–H and O–H groups in total. The summed E-state index contributed by atoms with van der Waals surface area (Å²) in [6.07, 6.45) is 0. The minimum absolute atomic E-state index is 0.104. The topological polar surface area (TPSA) is 119 Å². The zero-order valence-electron chi connectivity index (χ0n) is 20.1. The number of nitro groups is 1. The van der Waals surface area contributed by atoms with Gasteiger partial charge in [-0.1, -0.05) is 54.1 Å². The van der Waals surface area contributed by atoms with Crippen LogP contribution in [0.3, 0.4) is 0 Å². The van der Waals surface area contributed by atoms with Gasteiger partial charge in [-0.2, -0.15) is 5.10 Å². The van der Waals surface area contributed by atoms with Crippen LogP contribution < -0.4 is 10.6 Å². The lowest BCUT2D eigenvalue weighted by Gasteiger charge is -2.12. The van der Waals surface area contributed by atoms with E-state index >= 15 is 0 Å². The predicted molar refractivity (Wildman–Crippen MR) is 137 cm³/mol. The molecule has 182 valence electrons. The van der Waals surface area contributed by atoms with E-state index in [9.17, 15) is 19.7 Å². The van der Waals surface area contributed by atoms with Crippen LogP contribution in [0.25, 0.3) is 16.9 Å². The fourth-order valence-electron chi connectivity index (χ4n) is 3.84. The maximum Gasteiger partial charge on any atom is 0.273 e. The van der Waals surface area contributed by atoms with Crippen molar-refractivity contribution in [3.05, 3.63) is 105 Å². The van der Waals surface area contributed by atoms with Crippen LogP contribution in [0.2, 0.25) is 0 Å². The first-order valence-corrected chi connectivity index (χ1v) is 11.3. The Bertz CT molecular complexity index is 1460. The Morgan fingerprint density at radius 1 is 0.944 bits per heavy atom. The first-order chi connectivity index (χ1) is 17.2. The second kappa shape index (κ2) is 10.2. The molecule has 0 radical (unpaired) electrons. The van der Waals surface area contributed by atoms with Crippen molar-refractivity contribution in [2.75, 3.05) is 11.9 Å². The number of nitrogens with zero attached hydrogens (tertiary/aromatic N) is 3. The van der Waals surface area contributed by atoms with Gasteiger partial charge in [0, 0.05) is 28.8 Å². The van der Waals surface area contributed by atoms with Gasteiger partial charge >= 0.3 is 0 Å². The van der Waals surface area contributed by atoms with Crippen LogP contribution in [0.15, 0.2) is 72.8 Å². The highest BCUT2D eigenvalue weighted by Gasteiger charge is 2.18. The van der Waals surface area contributed by atoms with Crippen LogP contribution in [0, 0.1) is 30.9 Å². The SMILES string of the molecule is Cc1ccc(-n2nc(-c3ccccc3)cc2NC(=O)CNC(=O)c2ccc(C)c([N+](=O)[O-])c2)c(C)c1. The number of amides is 2. The number of aromatic nitrogens is 2. The second-order valence-corrected chi connectivity index (χ2v) is 8.47. The molecule has 0 aliphatic heterocycles. The maximum absolute atomic E-state index is 12.8. The van der Waals surface area contributed by atoms with Crippen LogP contribution in [0.1, 0.15) is 27.0 Å². The first-order valence-electron chi connectivity index (χ1n) is 11.3. The molecule has 0 aliphatic carbocycles. The Labute approximate surface area is 207 Å². The minimum atomic E-state index is -0.582. The number of nitro benzene ring substituents is 1. The van der Waals surface area contributed by atoms with Crippen molar-refractivity contribution in [2.24, 2.45) is 0 Å². The smallest absolute Gasteiger partial charge is 0.273 e. The number of anilines is 1. The van der Waals surface area contributed by atoms with Crippen LogP contribution in [-0.4, -0.2) is 33.1 Å². The monoisotopic (exact) mass is 483 g/mol. The quantitative estimate of drug-likeness (QED) is 0.291. The highest BCUT2D eigenvalue weighted by Crippen LogP contribution is 2.26. The first kappa shape index (κ1) is 24.3. The second-order valence-electron chi connectivity index (χ2n) is 8.47. The van der Waals surface area contributed by atoms with E-state index in [0.717, 1.165) is 22.4 Å². The third-order valence-corrected chi connectivity index (χ3v) is 5.70. The molecule has 0 fully saturated rings. The summed E-state index contributed by atoms with van der Waals surface area (Å²) >= 11 is 0. The summed E-state index contributed by atoms with van der Waals surface area (Å²) in [5.74, 6) is -0.595. The fourth-order valence-corrected chi connectivity index (χ4v) is 3.84. The molecule has 0 bridgehead atoms. The highest BCUT2D eigenvalue weighted by molar-refractivity contribution is 5.99. The summed E-state index contributed by atoms with van der Waals surface area (Å²) in [7, 11) is 0. The van der Waals surface area contributed by atoms with Gasteiger partial charge in [-0.25, -0.2) is 4.68 Å². The largest absolute Gasteiger partial charge is 0.343 e. The van der Waals surface area contributed by atoms with Crippen LogP contribution in [0.4, 0.5) is 11.5 Å². The average molecular weight is 484 g/mol. The fraction of sp³-hybridized carbons (Fsp3) is 0.148. The van der Waals surface area contributed by atoms with Crippen molar-refractivity contribution >= 4 is 23.3 Å². The number of hydrogen-bond acceptors (Lipinski definition) is 5. The van der Waals surface area contributed by atoms with Gasteiger partial charge in [0.15, 0.2) is 0 Å². The van der Waals surface area contributed by atoms with Crippen molar-refractivity contribution in [2.45, 2.75) is 20.8 Å². The summed E-state index contributed by atoms with van der Waals surface area (Å²) in [6.45, 7) is 5.25. The molecule has 9 nitrogen and oxygen atoms in total. The molecule has 0 saturated carbocycles. The summed E-state index contributed by atoms with van der Waals surface area (Å²) in [5.41, 5.74) is 4.88. The summed E-state index contributed by atoms with van der Waals surface area (Å²) < 4.78 is 1.67. The molecule has 0 spiro atoms. The van der Waals surface area contributed by atoms with E-state index in [4.69, 9.17) is 5.10 Å². The van der Waals surface area contributed by atoms with Crippen LogP contribution in [0.5, 0.6) is 0 Å². The molecule has 0 atom stereocenters. The van der Waals surface area contributed by atoms with Gasteiger partial charge in [0.1, 0.15) is 5.82 Å². The number of carbonyl (C=O) groups excluding carboxylic acids is 2. The minimum Gasteiger partial charge on any atom is -0.343 e. The lowest BCUT2D eigenvalue weighted by atomic mass is 10.1. The molecule has 0 saturated heterocycles. The summed E-state index contributed by atoms with van der Waals surface area (Å²) in [6, 6.07) is 21.5. The zero-order chi connectivity index (χ0) is 25.8. The molecule has 2 amide bonds. The molecule has 3 aromatic carbocycles. The molecule has 36 heavy (non-hydrogen) atoms. The van der Waals surface area contributed by atoms with Crippen molar-refractivity contribution < 1.29 is 14.5 Å². The van der Waals surface area contributed by atoms with Gasteiger partial charge in [-0.05, 0) is 38.5 Å². The van der Waals surface area contributed by atoms with E-state index in [2.05, 4.69) is 10.6 Å². The lowest BCUT2D eigenvalue weighted by Crippen LogP contribution is -2.33. The number of aryl methyl sites for hydroxylation is 3. The average Bonchev–Trinajstić information content (AvgIpc) is 3.26. The van der Waals surface area contributed by atoms with Gasteiger partial charge in [-0.15, -0.1) is 0 Å². The number of nitrogens with one attached hydrogen (secondary N) is 2.